The van der Waals surface area contributed by atoms with Crippen molar-refractivity contribution in [1.82, 2.24) is 15.3 Å². The summed E-state index contributed by atoms with van der Waals surface area (Å²) in [7, 11) is 1.63. The number of nitrogens with zero attached hydrogens (tertiary/aromatic N) is 1. The van der Waals surface area contributed by atoms with E-state index in [4.69, 9.17) is 0 Å². The fourth-order valence-corrected chi connectivity index (χ4v) is 2.22. The summed E-state index contributed by atoms with van der Waals surface area (Å²) >= 11 is 0. The largest absolute Gasteiger partial charge is 0.355 e. The first-order valence-electron chi connectivity index (χ1n) is 5.81. The van der Waals surface area contributed by atoms with Crippen LogP contribution in [0, 0.1) is 6.92 Å². The second-order valence-corrected chi connectivity index (χ2v) is 4.27. The van der Waals surface area contributed by atoms with Gasteiger partial charge in [-0.1, -0.05) is 18.2 Å². The van der Waals surface area contributed by atoms with Crippen LogP contribution < -0.4 is 5.32 Å². The summed E-state index contributed by atoms with van der Waals surface area (Å²) in [5.74, 6) is -0.104. The highest BCUT2D eigenvalue weighted by Gasteiger charge is 2.12. The van der Waals surface area contributed by atoms with E-state index in [1.165, 1.54) is 0 Å². The molecule has 0 saturated carbocycles. The van der Waals surface area contributed by atoms with Crippen molar-refractivity contribution < 1.29 is 4.79 Å². The quantitative estimate of drug-likeness (QED) is 0.685. The first-order chi connectivity index (χ1) is 8.70. The second kappa shape index (κ2) is 3.84. The average molecular weight is 239 g/mol. The van der Waals surface area contributed by atoms with E-state index in [0.717, 1.165) is 27.6 Å². The molecular weight excluding hydrogens is 226 g/mol. The molecule has 0 aliphatic carbocycles. The molecule has 90 valence electrons. The van der Waals surface area contributed by atoms with Gasteiger partial charge >= 0.3 is 0 Å². The maximum Gasteiger partial charge on any atom is 0.252 e. The van der Waals surface area contributed by atoms with Crippen LogP contribution in [0.3, 0.4) is 0 Å². The number of amides is 1. The minimum Gasteiger partial charge on any atom is -0.355 e. The van der Waals surface area contributed by atoms with E-state index < -0.39 is 0 Å². The molecule has 2 N–H and O–H groups in total. The van der Waals surface area contributed by atoms with Crippen molar-refractivity contribution >= 4 is 27.8 Å². The highest BCUT2D eigenvalue weighted by molar-refractivity contribution is 6.08. The summed E-state index contributed by atoms with van der Waals surface area (Å²) < 4.78 is 0. The van der Waals surface area contributed by atoms with Gasteiger partial charge < -0.3 is 10.3 Å². The number of benzene rings is 1. The number of rotatable bonds is 1. The summed E-state index contributed by atoms with van der Waals surface area (Å²) in [5.41, 5.74) is 3.21. The summed E-state index contributed by atoms with van der Waals surface area (Å²) in [4.78, 5) is 19.5. The molecule has 1 aromatic carbocycles. The Hall–Kier alpha value is -2.36. The Morgan fingerprint density at radius 2 is 2.06 bits per heavy atom. The molecule has 0 bridgehead atoms. The van der Waals surface area contributed by atoms with E-state index in [1.54, 1.807) is 7.05 Å². The zero-order chi connectivity index (χ0) is 12.7. The van der Waals surface area contributed by atoms with Crippen LogP contribution in [0.15, 0.2) is 30.3 Å². The number of hydrogen-bond acceptors (Lipinski definition) is 2. The monoisotopic (exact) mass is 239 g/mol. The number of aromatic nitrogens is 2. The molecule has 4 heteroatoms. The number of aryl methyl sites for hydroxylation is 1. The van der Waals surface area contributed by atoms with Crippen LogP contribution in [-0.4, -0.2) is 22.9 Å². The van der Waals surface area contributed by atoms with Gasteiger partial charge in [0.2, 0.25) is 0 Å². The van der Waals surface area contributed by atoms with Crippen molar-refractivity contribution in [3.05, 3.63) is 41.6 Å². The van der Waals surface area contributed by atoms with E-state index in [9.17, 15) is 4.79 Å². The third-order valence-electron chi connectivity index (χ3n) is 3.16. The molecule has 0 radical (unpaired) electrons. The van der Waals surface area contributed by atoms with Crippen molar-refractivity contribution in [2.45, 2.75) is 6.92 Å². The van der Waals surface area contributed by atoms with Crippen LogP contribution in [0.25, 0.3) is 21.9 Å². The molecule has 0 saturated heterocycles. The first-order valence-corrected chi connectivity index (χ1v) is 5.81. The van der Waals surface area contributed by atoms with Crippen LogP contribution in [0.4, 0.5) is 0 Å². The molecule has 3 rings (SSSR count). The molecule has 0 fully saturated rings. The summed E-state index contributed by atoms with van der Waals surface area (Å²) in [5, 5.41) is 4.71. The van der Waals surface area contributed by atoms with Crippen LogP contribution in [0.1, 0.15) is 16.1 Å². The lowest BCUT2D eigenvalue weighted by atomic mass is 10.1. The number of carbonyl (C=O) groups excluding carboxylic acids is 1. The van der Waals surface area contributed by atoms with E-state index in [-0.39, 0.29) is 5.91 Å². The average Bonchev–Trinajstić information content (AvgIpc) is 2.74. The van der Waals surface area contributed by atoms with Gasteiger partial charge in [0, 0.05) is 23.3 Å². The van der Waals surface area contributed by atoms with Gasteiger partial charge in [-0.2, -0.15) is 0 Å². The Morgan fingerprint density at radius 1 is 1.28 bits per heavy atom. The molecule has 0 spiro atoms. The van der Waals surface area contributed by atoms with Gasteiger partial charge in [-0.05, 0) is 19.1 Å². The smallest absolute Gasteiger partial charge is 0.252 e. The number of hydrogen-bond donors (Lipinski definition) is 2. The molecule has 2 aromatic heterocycles. The van der Waals surface area contributed by atoms with Crippen LogP contribution in [0.5, 0.6) is 0 Å². The van der Waals surface area contributed by atoms with Crippen LogP contribution in [-0.2, 0) is 0 Å². The molecule has 2 heterocycles. The standard InChI is InChI=1S/C14H13N3O/c1-8-10(14(18)15-2)7-11-9-5-3-4-6-12(9)17-13(11)16-8/h3-7H,1-2H3,(H,15,18)(H,16,17). The van der Waals surface area contributed by atoms with Crippen LogP contribution in [0.2, 0.25) is 0 Å². The molecular formula is C14H13N3O. The normalized spacial score (nSPS) is 11.0. The fourth-order valence-electron chi connectivity index (χ4n) is 2.22. The Balaban J connectivity index is 2.39. The van der Waals surface area contributed by atoms with E-state index in [0.29, 0.717) is 5.56 Å². The third-order valence-corrected chi connectivity index (χ3v) is 3.16. The van der Waals surface area contributed by atoms with Gasteiger partial charge in [0.05, 0.1) is 11.3 Å². The van der Waals surface area contributed by atoms with Crippen molar-refractivity contribution in [3.63, 3.8) is 0 Å². The number of para-hydroxylation sites is 1. The maximum atomic E-state index is 11.8. The zero-order valence-electron chi connectivity index (χ0n) is 10.2. The Morgan fingerprint density at radius 3 is 2.83 bits per heavy atom. The van der Waals surface area contributed by atoms with Crippen molar-refractivity contribution in [1.29, 1.82) is 0 Å². The highest BCUT2D eigenvalue weighted by Crippen LogP contribution is 2.25. The lowest BCUT2D eigenvalue weighted by Gasteiger charge is -2.03. The molecule has 18 heavy (non-hydrogen) atoms. The minimum absolute atomic E-state index is 0.104. The number of H-pyrrole nitrogens is 1. The maximum absolute atomic E-state index is 11.8. The van der Waals surface area contributed by atoms with E-state index in [1.807, 2.05) is 37.3 Å². The van der Waals surface area contributed by atoms with Gasteiger partial charge in [-0.15, -0.1) is 0 Å². The van der Waals surface area contributed by atoms with Gasteiger partial charge in [0.15, 0.2) is 0 Å². The topological polar surface area (TPSA) is 57.8 Å². The Labute approximate surface area is 104 Å². The SMILES string of the molecule is CNC(=O)c1cc2c(nc1C)[nH]c1ccccc12. The van der Waals surface area contributed by atoms with Crippen molar-refractivity contribution in [2.24, 2.45) is 0 Å². The fraction of sp³-hybridized carbons (Fsp3) is 0.143. The number of aromatic amines is 1. The number of nitrogens with one attached hydrogen (secondary N) is 2. The summed E-state index contributed by atoms with van der Waals surface area (Å²) in [6.07, 6.45) is 0. The van der Waals surface area contributed by atoms with Crippen LogP contribution >= 0.6 is 0 Å². The zero-order valence-corrected chi connectivity index (χ0v) is 10.2. The molecule has 0 aliphatic rings. The van der Waals surface area contributed by atoms with E-state index >= 15 is 0 Å². The second-order valence-electron chi connectivity index (χ2n) is 4.27. The predicted molar refractivity (Wildman–Crippen MR) is 71.7 cm³/mol. The Bertz CT molecular complexity index is 758. The number of carbonyl (C=O) groups is 1. The van der Waals surface area contributed by atoms with E-state index in [2.05, 4.69) is 15.3 Å². The van der Waals surface area contributed by atoms with Crippen molar-refractivity contribution in [3.8, 4) is 0 Å². The first kappa shape index (κ1) is 10.8. The summed E-state index contributed by atoms with van der Waals surface area (Å²) in [6.45, 7) is 1.84. The summed E-state index contributed by atoms with van der Waals surface area (Å²) in [6, 6.07) is 9.89. The molecule has 0 unspecified atom stereocenters. The molecule has 1 amide bonds. The molecule has 0 atom stereocenters. The minimum atomic E-state index is -0.104. The van der Waals surface area contributed by atoms with Gasteiger partial charge in [0.1, 0.15) is 5.65 Å². The molecule has 4 nitrogen and oxygen atoms in total. The van der Waals surface area contributed by atoms with Gasteiger partial charge in [-0.25, -0.2) is 4.98 Å². The molecule has 0 aliphatic heterocycles. The number of pyridine rings is 1. The predicted octanol–water partition coefficient (Wildman–Crippen LogP) is 2.38. The van der Waals surface area contributed by atoms with Gasteiger partial charge in [-0.3, -0.25) is 4.79 Å². The number of fused-ring (bicyclic) bond motifs is 3. The lowest BCUT2D eigenvalue weighted by Crippen LogP contribution is -2.19. The van der Waals surface area contributed by atoms with Crippen molar-refractivity contribution in [2.75, 3.05) is 7.05 Å². The molecule has 3 aromatic rings. The Kier molecular flexibility index (Phi) is 2.30. The lowest BCUT2D eigenvalue weighted by molar-refractivity contribution is 0.0962. The third kappa shape index (κ3) is 1.46. The highest BCUT2D eigenvalue weighted by atomic mass is 16.1. The van der Waals surface area contributed by atoms with Gasteiger partial charge in [0.25, 0.3) is 5.91 Å².